The summed E-state index contributed by atoms with van der Waals surface area (Å²) in [5, 5.41) is 9.08. The van der Waals surface area contributed by atoms with Crippen molar-refractivity contribution in [1.82, 2.24) is 0 Å². The van der Waals surface area contributed by atoms with Gasteiger partial charge in [0.2, 0.25) is 0 Å². The van der Waals surface area contributed by atoms with Gasteiger partial charge < -0.3 is 24.1 Å². The number of aryl methyl sites for hydroxylation is 2. The lowest BCUT2D eigenvalue weighted by Crippen LogP contribution is -2.15. The quantitative estimate of drug-likeness (QED) is 0.454. The molecular weight excluding hydrogens is 444 g/mol. The van der Waals surface area contributed by atoms with Crippen LogP contribution in [0.4, 0.5) is 0 Å². The van der Waals surface area contributed by atoms with Crippen LogP contribution in [0.15, 0.2) is 54.6 Å². The molecule has 3 aromatic rings. The zero-order valence-electron chi connectivity index (χ0n) is 20.1. The van der Waals surface area contributed by atoms with Gasteiger partial charge in [-0.15, -0.1) is 0 Å². The van der Waals surface area contributed by atoms with Gasteiger partial charge in [-0.25, -0.2) is 0 Å². The van der Waals surface area contributed by atoms with Crippen LogP contribution < -0.4 is 14.2 Å². The molecule has 1 N–H and O–H groups in total. The summed E-state index contributed by atoms with van der Waals surface area (Å²) < 4.78 is 23.3. The summed E-state index contributed by atoms with van der Waals surface area (Å²) in [4.78, 5) is 11.1. The third-order valence-corrected chi connectivity index (χ3v) is 6.60. The molecule has 5 rings (SSSR count). The predicted molar refractivity (Wildman–Crippen MR) is 132 cm³/mol. The average Bonchev–Trinajstić information content (AvgIpc) is 3.47. The Labute approximate surface area is 205 Å². The number of carboxylic acid groups (broad SMARTS) is 1. The highest BCUT2D eigenvalue weighted by Gasteiger charge is 2.26. The summed E-state index contributed by atoms with van der Waals surface area (Å²) in [5.74, 6) is 1.38. The maximum absolute atomic E-state index is 11.1. The van der Waals surface area contributed by atoms with Crippen LogP contribution in [0.25, 0.3) is 11.1 Å². The van der Waals surface area contributed by atoms with Crippen LogP contribution in [0.2, 0.25) is 0 Å². The molecule has 0 saturated carbocycles. The summed E-state index contributed by atoms with van der Waals surface area (Å²) in [6, 6.07) is 18.2. The van der Waals surface area contributed by atoms with Crippen molar-refractivity contribution in [2.24, 2.45) is 0 Å². The van der Waals surface area contributed by atoms with Crippen LogP contribution in [-0.2, 0) is 16.1 Å². The summed E-state index contributed by atoms with van der Waals surface area (Å²) in [5.41, 5.74) is 6.69. The van der Waals surface area contributed by atoms with Gasteiger partial charge in [-0.3, -0.25) is 4.79 Å². The Morgan fingerprint density at radius 3 is 2.60 bits per heavy atom. The van der Waals surface area contributed by atoms with Crippen LogP contribution in [0, 0.1) is 13.8 Å². The molecule has 0 aromatic heterocycles. The topological polar surface area (TPSA) is 74.2 Å². The molecule has 2 aliphatic rings. The molecule has 6 heteroatoms. The molecule has 1 fully saturated rings. The van der Waals surface area contributed by atoms with Crippen molar-refractivity contribution in [2.75, 3.05) is 19.8 Å². The van der Waals surface area contributed by atoms with E-state index in [0.29, 0.717) is 31.3 Å². The maximum atomic E-state index is 11.1. The van der Waals surface area contributed by atoms with E-state index in [0.717, 1.165) is 35.5 Å². The van der Waals surface area contributed by atoms with E-state index < -0.39 is 5.97 Å². The van der Waals surface area contributed by atoms with Crippen LogP contribution in [0.1, 0.15) is 41.0 Å². The smallest absolute Gasteiger partial charge is 0.304 e. The average molecular weight is 475 g/mol. The van der Waals surface area contributed by atoms with Gasteiger partial charge >= 0.3 is 5.97 Å². The molecule has 3 aromatic carbocycles. The summed E-state index contributed by atoms with van der Waals surface area (Å²) in [6.45, 7) is 6.47. The van der Waals surface area contributed by atoms with Gasteiger partial charge in [0, 0.05) is 24.0 Å². The van der Waals surface area contributed by atoms with Gasteiger partial charge in [0.25, 0.3) is 0 Å². The number of carboxylic acids is 1. The first kappa shape index (κ1) is 23.2. The molecule has 0 spiro atoms. The molecule has 2 atom stereocenters. The number of carbonyl (C=O) groups is 1. The first-order chi connectivity index (χ1) is 17.0. The van der Waals surface area contributed by atoms with E-state index in [2.05, 4.69) is 50.2 Å². The van der Waals surface area contributed by atoms with Crippen molar-refractivity contribution in [3.05, 3.63) is 76.9 Å². The van der Waals surface area contributed by atoms with E-state index in [1.165, 1.54) is 16.7 Å². The highest BCUT2D eigenvalue weighted by molar-refractivity contribution is 5.72. The van der Waals surface area contributed by atoms with Crippen LogP contribution in [0.5, 0.6) is 17.2 Å². The summed E-state index contributed by atoms with van der Waals surface area (Å²) in [7, 11) is 0. The van der Waals surface area contributed by atoms with E-state index in [4.69, 9.17) is 24.1 Å². The molecule has 182 valence electrons. The molecule has 0 aliphatic carbocycles. The third-order valence-electron chi connectivity index (χ3n) is 6.60. The Kier molecular flexibility index (Phi) is 6.64. The fourth-order valence-corrected chi connectivity index (χ4v) is 4.96. The van der Waals surface area contributed by atoms with Crippen molar-refractivity contribution in [3.8, 4) is 28.4 Å². The second kappa shape index (κ2) is 10.0. The van der Waals surface area contributed by atoms with E-state index in [-0.39, 0.29) is 18.4 Å². The van der Waals surface area contributed by atoms with Crippen molar-refractivity contribution in [1.29, 1.82) is 0 Å². The summed E-state index contributed by atoms with van der Waals surface area (Å²) in [6.07, 6.45) is 1.13. The molecular formula is C29H30O6. The Bertz CT molecular complexity index is 1200. The second-order valence-electron chi connectivity index (χ2n) is 9.33. The van der Waals surface area contributed by atoms with E-state index in [1.54, 1.807) is 0 Å². The Morgan fingerprint density at radius 1 is 1.03 bits per heavy atom. The molecule has 2 aliphatic heterocycles. The standard InChI is InChI=1S/C29H30O6/c1-18-10-25(35-24-8-9-32-17-24)11-19(2)29(18)21-5-3-4-20(12-21)15-33-23-6-7-26-22(13-28(30)31)16-34-27(26)14-23/h3-7,10-12,14,22,24H,8-9,13,15-17H2,1-2H3,(H,30,31)/t22-,24+/m0/s1. The van der Waals surface area contributed by atoms with Gasteiger partial charge in [-0.05, 0) is 65.9 Å². The zero-order valence-corrected chi connectivity index (χ0v) is 20.1. The SMILES string of the molecule is Cc1cc(O[C@@H]2CCOC2)cc(C)c1-c1cccc(COc2ccc3c(c2)OC[C@@H]3CC(=O)O)c1. The number of ether oxygens (including phenoxy) is 4. The number of fused-ring (bicyclic) bond motifs is 1. The minimum Gasteiger partial charge on any atom is -0.492 e. The zero-order chi connectivity index (χ0) is 24.4. The van der Waals surface area contributed by atoms with Gasteiger partial charge in [-0.1, -0.05) is 24.3 Å². The monoisotopic (exact) mass is 474 g/mol. The Morgan fingerprint density at radius 2 is 1.86 bits per heavy atom. The summed E-state index contributed by atoms with van der Waals surface area (Å²) >= 11 is 0. The fraction of sp³-hybridized carbons (Fsp3) is 0.345. The molecule has 0 radical (unpaired) electrons. The minimum atomic E-state index is -0.817. The molecule has 0 bridgehead atoms. The lowest BCUT2D eigenvalue weighted by Gasteiger charge is -2.17. The Hall–Kier alpha value is -3.51. The van der Waals surface area contributed by atoms with E-state index in [1.807, 2.05) is 18.2 Å². The number of rotatable bonds is 8. The molecule has 0 unspecified atom stereocenters. The van der Waals surface area contributed by atoms with Crippen molar-refractivity contribution >= 4 is 5.97 Å². The molecule has 1 saturated heterocycles. The van der Waals surface area contributed by atoms with Crippen molar-refractivity contribution in [3.63, 3.8) is 0 Å². The largest absolute Gasteiger partial charge is 0.492 e. The van der Waals surface area contributed by atoms with Gasteiger partial charge in [0.1, 0.15) is 30.0 Å². The maximum Gasteiger partial charge on any atom is 0.304 e. The van der Waals surface area contributed by atoms with Crippen molar-refractivity contribution in [2.45, 2.75) is 45.3 Å². The molecule has 35 heavy (non-hydrogen) atoms. The molecule has 6 nitrogen and oxygen atoms in total. The second-order valence-corrected chi connectivity index (χ2v) is 9.33. The lowest BCUT2D eigenvalue weighted by molar-refractivity contribution is -0.137. The fourth-order valence-electron chi connectivity index (χ4n) is 4.96. The normalized spacial score (nSPS) is 18.7. The first-order valence-electron chi connectivity index (χ1n) is 12.0. The highest BCUT2D eigenvalue weighted by atomic mass is 16.5. The van der Waals surface area contributed by atoms with Crippen LogP contribution in [-0.4, -0.2) is 37.0 Å². The third kappa shape index (κ3) is 5.28. The van der Waals surface area contributed by atoms with E-state index >= 15 is 0 Å². The van der Waals surface area contributed by atoms with Crippen LogP contribution in [0.3, 0.4) is 0 Å². The van der Waals surface area contributed by atoms with Gasteiger partial charge in [0.15, 0.2) is 0 Å². The first-order valence-corrected chi connectivity index (χ1v) is 12.0. The molecule has 2 heterocycles. The predicted octanol–water partition coefficient (Wildman–Crippen LogP) is 5.67. The number of aliphatic carboxylic acids is 1. The van der Waals surface area contributed by atoms with E-state index in [9.17, 15) is 4.79 Å². The Balaban J connectivity index is 1.28. The molecule has 0 amide bonds. The van der Waals surface area contributed by atoms with Gasteiger partial charge in [0.05, 0.1) is 26.2 Å². The number of benzene rings is 3. The number of hydrogen-bond acceptors (Lipinski definition) is 5. The minimum absolute atomic E-state index is 0.0704. The van der Waals surface area contributed by atoms with Gasteiger partial charge in [-0.2, -0.15) is 0 Å². The number of hydrogen-bond donors (Lipinski definition) is 1. The van der Waals surface area contributed by atoms with Crippen molar-refractivity contribution < 1.29 is 28.8 Å². The lowest BCUT2D eigenvalue weighted by atomic mass is 9.94. The van der Waals surface area contributed by atoms with Crippen LogP contribution >= 0.6 is 0 Å². The highest BCUT2D eigenvalue weighted by Crippen LogP contribution is 2.38.